The lowest BCUT2D eigenvalue weighted by Gasteiger charge is -2.44. The van der Waals surface area contributed by atoms with Gasteiger partial charge in [-0.25, -0.2) is 0 Å². The largest absolute Gasteiger partial charge is 0.394 e. The van der Waals surface area contributed by atoms with E-state index in [1.54, 1.807) is 13.8 Å². The van der Waals surface area contributed by atoms with E-state index in [0.29, 0.717) is 0 Å². The Labute approximate surface area is 122 Å². The fourth-order valence-electron chi connectivity index (χ4n) is 2.61. The van der Waals surface area contributed by atoms with Gasteiger partial charge < -0.3 is 39.7 Å². The van der Waals surface area contributed by atoms with Crippen LogP contribution in [0.2, 0.25) is 0 Å². The third-order valence-electron chi connectivity index (χ3n) is 4.31. The van der Waals surface area contributed by atoms with Gasteiger partial charge in [0.2, 0.25) is 0 Å². The van der Waals surface area contributed by atoms with E-state index in [9.17, 15) is 25.5 Å². The minimum absolute atomic E-state index is 0.115. The molecule has 0 aromatic rings. The number of hydrogen-bond acceptors (Lipinski definition) is 8. The molecule has 2 fully saturated rings. The van der Waals surface area contributed by atoms with Gasteiger partial charge in [0.15, 0.2) is 6.29 Å². The normalized spacial score (nSPS) is 51.9. The molecular formula is C13H24O8. The lowest BCUT2D eigenvalue weighted by atomic mass is 9.91. The molecule has 0 radical (unpaired) electrons. The van der Waals surface area contributed by atoms with E-state index in [2.05, 4.69) is 0 Å². The number of aliphatic hydroxyl groups is 5. The quantitative estimate of drug-likeness (QED) is 0.390. The van der Waals surface area contributed by atoms with Crippen LogP contribution in [0.4, 0.5) is 0 Å². The molecule has 2 rings (SSSR count). The maximum absolute atomic E-state index is 10.0. The molecule has 2 aliphatic rings. The first kappa shape index (κ1) is 17.0. The van der Waals surface area contributed by atoms with Crippen molar-refractivity contribution in [1.29, 1.82) is 0 Å². The van der Waals surface area contributed by atoms with Crippen LogP contribution in [0.5, 0.6) is 0 Å². The van der Waals surface area contributed by atoms with E-state index in [-0.39, 0.29) is 18.6 Å². The van der Waals surface area contributed by atoms with Crippen molar-refractivity contribution in [2.45, 2.75) is 62.9 Å². The molecule has 9 unspecified atom stereocenters. The highest BCUT2D eigenvalue weighted by Crippen LogP contribution is 2.29. The van der Waals surface area contributed by atoms with Gasteiger partial charge in [0.25, 0.3) is 0 Å². The van der Waals surface area contributed by atoms with E-state index >= 15 is 0 Å². The van der Waals surface area contributed by atoms with Crippen LogP contribution < -0.4 is 0 Å². The van der Waals surface area contributed by atoms with Crippen LogP contribution in [0.3, 0.4) is 0 Å². The van der Waals surface area contributed by atoms with E-state index in [1.807, 2.05) is 0 Å². The van der Waals surface area contributed by atoms with E-state index in [0.717, 1.165) is 0 Å². The summed E-state index contributed by atoms with van der Waals surface area (Å²) in [6.07, 6.45) is -8.18. The predicted octanol–water partition coefficient (Wildman–Crippen LogP) is -2.41. The van der Waals surface area contributed by atoms with Crippen molar-refractivity contribution in [1.82, 2.24) is 0 Å². The summed E-state index contributed by atoms with van der Waals surface area (Å²) in [4.78, 5) is 0. The smallest absolute Gasteiger partial charge is 0.186 e. The van der Waals surface area contributed by atoms with E-state index < -0.39 is 49.5 Å². The molecule has 0 bridgehead atoms. The minimum atomic E-state index is -1.29. The first-order valence-corrected chi connectivity index (χ1v) is 7.12. The fourth-order valence-corrected chi connectivity index (χ4v) is 2.61. The van der Waals surface area contributed by atoms with Crippen molar-refractivity contribution in [3.05, 3.63) is 0 Å². The average Bonchev–Trinajstić information content (AvgIpc) is 2.47. The Kier molecular flexibility index (Phi) is 5.55. The third kappa shape index (κ3) is 3.38. The average molecular weight is 308 g/mol. The number of aliphatic hydroxyl groups excluding tert-OH is 5. The van der Waals surface area contributed by atoms with Crippen LogP contribution in [0, 0.1) is 5.92 Å². The summed E-state index contributed by atoms with van der Waals surface area (Å²) < 4.78 is 16.2. The molecule has 2 saturated heterocycles. The first-order valence-electron chi connectivity index (χ1n) is 7.12. The van der Waals surface area contributed by atoms with Crippen molar-refractivity contribution < 1.29 is 39.7 Å². The van der Waals surface area contributed by atoms with Gasteiger partial charge in [-0.15, -0.1) is 0 Å². The third-order valence-corrected chi connectivity index (χ3v) is 4.31. The van der Waals surface area contributed by atoms with Crippen LogP contribution in [0.15, 0.2) is 0 Å². The summed E-state index contributed by atoms with van der Waals surface area (Å²) in [5.74, 6) is -0.272. The van der Waals surface area contributed by atoms with Gasteiger partial charge >= 0.3 is 0 Å². The van der Waals surface area contributed by atoms with Gasteiger partial charge in [0, 0.05) is 5.92 Å². The first-order chi connectivity index (χ1) is 9.86. The molecule has 2 aliphatic heterocycles. The summed E-state index contributed by atoms with van der Waals surface area (Å²) in [5.41, 5.74) is 0. The molecular weight excluding hydrogens is 284 g/mol. The monoisotopic (exact) mass is 308 g/mol. The summed E-state index contributed by atoms with van der Waals surface area (Å²) >= 11 is 0. The summed E-state index contributed by atoms with van der Waals surface area (Å²) in [6.45, 7) is 2.96. The van der Waals surface area contributed by atoms with Crippen LogP contribution in [0.1, 0.15) is 13.8 Å². The van der Waals surface area contributed by atoms with Gasteiger partial charge in [-0.3, -0.25) is 0 Å². The summed E-state index contributed by atoms with van der Waals surface area (Å²) in [5, 5.41) is 48.8. The van der Waals surface area contributed by atoms with Crippen LogP contribution >= 0.6 is 0 Å². The molecule has 8 heteroatoms. The summed E-state index contributed by atoms with van der Waals surface area (Å²) in [7, 11) is 0. The van der Waals surface area contributed by atoms with Gasteiger partial charge in [-0.05, 0) is 6.92 Å². The molecule has 21 heavy (non-hydrogen) atoms. The zero-order chi connectivity index (χ0) is 15.7. The fraction of sp³-hybridized carbons (Fsp3) is 1.00. The number of rotatable bonds is 3. The minimum Gasteiger partial charge on any atom is -0.394 e. The van der Waals surface area contributed by atoms with E-state index in [1.165, 1.54) is 0 Å². The van der Waals surface area contributed by atoms with Gasteiger partial charge in [0.1, 0.15) is 30.5 Å². The molecule has 9 atom stereocenters. The molecule has 0 saturated carbocycles. The highest BCUT2D eigenvalue weighted by Gasteiger charge is 2.46. The van der Waals surface area contributed by atoms with Crippen molar-refractivity contribution >= 4 is 0 Å². The molecule has 0 spiro atoms. The molecule has 124 valence electrons. The van der Waals surface area contributed by atoms with Crippen molar-refractivity contribution in [3.63, 3.8) is 0 Å². The van der Waals surface area contributed by atoms with Crippen molar-refractivity contribution in [2.24, 2.45) is 5.92 Å². The Bertz CT molecular complexity index is 338. The van der Waals surface area contributed by atoms with Gasteiger partial charge in [-0.2, -0.15) is 0 Å². The number of hydrogen-bond donors (Lipinski definition) is 5. The second-order valence-corrected chi connectivity index (χ2v) is 5.76. The molecule has 0 amide bonds. The zero-order valence-corrected chi connectivity index (χ0v) is 12.1. The molecule has 0 aliphatic carbocycles. The lowest BCUT2D eigenvalue weighted by molar-refractivity contribution is -0.324. The highest BCUT2D eigenvalue weighted by molar-refractivity contribution is 4.91. The summed E-state index contributed by atoms with van der Waals surface area (Å²) in [6, 6.07) is 0. The molecule has 0 aromatic carbocycles. The topological polar surface area (TPSA) is 129 Å². The standard InChI is InChI=1S/C13H24O8/c1-5-6(2)20-13(11(18)9(5)16)21-12-8(3-14)19-4-7(15)10(12)17/h5-18H,3-4H2,1-2H3. The second-order valence-electron chi connectivity index (χ2n) is 5.76. The van der Waals surface area contributed by atoms with Crippen molar-refractivity contribution in [3.8, 4) is 0 Å². The maximum Gasteiger partial charge on any atom is 0.186 e. The van der Waals surface area contributed by atoms with E-state index in [4.69, 9.17) is 14.2 Å². The predicted molar refractivity (Wildman–Crippen MR) is 69.2 cm³/mol. The molecule has 8 nitrogen and oxygen atoms in total. The van der Waals surface area contributed by atoms with Crippen molar-refractivity contribution in [2.75, 3.05) is 13.2 Å². The Morgan fingerprint density at radius 1 is 1.05 bits per heavy atom. The Balaban J connectivity index is 2.07. The van der Waals surface area contributed by atoms with Crippen LogP contribution in [-0.4, -0.2) is 87.8 Å². The van der Waals surface area contributed by atoms with Crippen LogP contribution in [0.25, 0.3) is 0 Å². The highest BCUT2D eigenvalue weighted by atomic mass is 16.7. The molecule has 5 N–H and O–H groups in total. The lowest BCUT2D eigenvalue weighted by Crippen LogP contribution is -2.60. The van der Waals surface area contributed by atoms with Gasteiger partial charge in [0.05, 0.1) is 25.4 Å². The van der Waals surface area contributed by atoms with Gasteiger partial charge in [-0.1, -0.05) is 6.92 Å². The Morgan fingerprint density at radius 3 is 2.33 bits per heavy atom. The Hall–Kier alpha value is -0.320. The SMILES string of the molecule is CC1OC(OC2C(CO)OCC(O)C2O)C(O)C(O)C1C. The number of ether oxygens (including phenoxy) is 3. The maximum atomic E-state index is 10.0. The second kappa shape index (κ2) is 6.84. The molecule has 2 heterocycles. The van der Waals surface area contributed by atoms with Crippen LogP contribution in [-0.2, 0) is 14.2 Å². The Morgan fingerprint density at radius 2 is 1.71 bits per heavy atom. The zero-order valence-electron chi connectivity index (χ0n) is 12.1. The molecule has 0 aromatic heterocycles.